The average Bonchev–Trinajstić information content (AvgIpc) is 2.15. The van der Waals surface area contributed by atoms with E-state index in [2.05, 4.69) is 32.6 Å². The molecule has 3 fully saturated rings. The van der Waals surface area contributed by atoms with E-state index in [9.17, 15) is 0 Å². The van der Waals surface area contributed by atoms with Crippen molar-refractivity contribution in [1.82, 2.24) is 4.90 Å². The van der Waals surface area contributed by atoms with Crippen molar-refractivity contribution in [3.63, 3.8) is 0 Å². The van der Waals surface area contributed by atoms with Crippen molar-refractivity contribution in [1.29, 1.82) is 0 Å². The fourth-order valence-corrected chi connectivity index (χ4v) is 3.51. The Bertz CT molecular complexity index is 209. The van der Waals surface area contributed by atoms with Gasteiger partial charge in [0.25, 0.3) is 0 Å². The molecule has 2 bridgehead atoms. The van der Waals surface area contributed by atoms with Crippen molar-refractivity contribution < 1.29 is 0 Å². The van der Waals surface area contributed by atoms with Crippen molar-refractivity contribution in [2.75, 3.05) is 6.54 Å². The quantitative estimate of drug-likeness (QED) is 0.668. The molecule has 4 unspecified atom stereocenters. The van der Waals surface area contributed by atoms with Gasteiger partial charge in [-0.2, -0.15) is 0 Å². The number of nitrogens with zero attached hydrogens (tertiary/aromatic N) is 1. The van der Waals surface area contributed by atoms with E-state index in [1.54, 1.807) is 0 Å². The highest BCUT2D eigenvalue weighted by Crippen LogP contribution is 2.49. The minimum absolute atomic E-state index is 0.516. The molecule has 1 nitrogen and oxygen atoms in total. The number of hydrogen-bond donors (Lipinski definition) is 0. The molecule has 0 spiro atoms. The highest BCUT2D eigenvalue weighted by molar-refractivity contribution is 5.08. The number of unbranched alkanes of at least 4 members (excludes halogenated alkanes) is 1. The second-order valence-electron chi connectivity index (χ2n) is 5.88. The zero-order valence-electron chi connectivity index (χ0n) is 10.2. The fraction of sp³-hybridized carbons (Fsp3) is 1.00. The van der Waals surface area contributed by atoms with Crippen molar-refractivity contribution >= 4 is 0 Å². The third kappa shape index (κ3) is 1.41. The van der Waals surface area contributed by atoms with Gasteiger partial charge in [-0.3, -0.25) is 4.90 Å². The third-order valence-electron chi connectivity index (χ3n) is 4.85. The largest absolute Gasteiger partial charge is 0.295 e. The lowest BCUT2D eigenvalue weighted by Gasteiger charge is -2.64. The molecule has 3 rings (SSSR count). The van der Waals surface area contributed by atoms with E-state index in [1.807, 2.05) is 0 Å². The van der Waals surface area contributed by atoms with Crippen LogP contribution in [0.15, 0.2) is 0 Å². The molecule has 3 heterocycles. The summed E-state index contributed by atoms with van der Waals surface area (Å²) < 4.78 is 0. The molecule has 1 heteroatoms. The molecule has 0 aromatic heterocycles. The Kier molecular flexibility index (Phi) is 2.63. The minimum atomic E-state index is 0.516. The molecule has 14 heavy (non-hydrogen) atoms. The summed E-state index contributed by atoms with van der Waals surface area (Å²) in [4.78, 5) is 2.72. The first-order valence-electron chi connectivity index (χ1n) is 6.34. The SMILES string of the molecule is CCCCC1CC2CN(C1C)C2(C)C. The van der Waals surface area contributed by atoms with Gasteiger partial charge in [-0.25, -0.2) is 0 Å². The van der Waals surface area contributed by atoms with E-state index in [0.717, 1.165) is 17.9 Å². The molecular formula is C13H25N. The lowest BCUT2D eigenvalue weighted by Crippen LogP contribution is -2.71. The van der Waals surface area contributed by atoms with Crippen LogP contribution in [0, 0.1) is 11.8 Å². The van der Waals surface area contributed by atoms with Crippen LogP contribution < -0.4 is 0 Å². The van der Waals surface area contributed by atoms with Gasteiger partial charge >= 0.3 is 0 Å². The predicted molar refractivity (Wildman–Crippen MR) is 61.4 cm³/mol. The van der Waals surface area contributed by atoms with E-state index in [1.165, 1.54) is 32.2 Å². The van der Waals surface area contributed by atoms with Gasteiger partial charge in [0.15, 0.2) is 0 Å². The van der Waals surface area contributed by atoms with Gasteiger partial charge in [0, 0.05) is 18.1 Å². The molecule has 3 aliphatic rings. The predicted octanol–water partition coefficient (Wildman–Crippen LogP) is 3.30. The van der Waals surface area contributed by atoms with E-state index in [4.69, 9.17) is 0 Å². The summed E-state index contributed by atoms with van der Waals surface area (Å²) in [5.41, 5.74) is 0.516. The number of piperidine rings is 2. The van der Waals surface area contributed by atoms with Gasteiger partial charge in [-0.05, 0) is 45.4 Å². The Morgan fingerprint density at radius 1 is 1.36 bits per heavy atom. The maximum Gasteiger partial charge on any atom is 0.0196 e. The van der Waals surface area contributed by atoms with Gasteiger partial charge in [-0.15, -0.1) is 0 Å². The van der Waals surface area contributed by atoms with Crippen LogP contribution in [0.4, 0.5) is 0 Å². The summed E-state index contributed by atoms with van der Waals surface area (Å²) in [5, 5.41) is 0. The van der Waals surface area contributed by atoms with Crippen molar-refractivity contribution in [3.8, 4) is 0 Å². The van der Waals surface area contributed by atoms with Crippen molar-refractivity contribution in [3.05, 3.63) is 0 Å². The highest BCUT2D eigenvalue weighted by atomic mass is 15.3. The molecule has 0 aromatic rings. The number of rotatable bonds is 3. The summed E-state index contributed by atoms with van der Waals surface area (Å²) in [6.07, 6.45) is 5.73. The Morgan fingerprint density at radius 2 is 2.07 bits per heavy atom. The molecule has 0 amide bonds. The molecule has 4 atom stereocenters. The molecule has 82 valence electrons. The van der Waals surface area contributed by atoms with E-state index in [-0.39, 0.29) is 0 Å². The Labute approximate surface area is 88.9 Å². The fourth-order valence-electron chi connectivity index (χ4n) is 3.51. The highest BCUT2D eigenvalue weighted by Gasteiger charge is 2.53. The first-order valence-corrected chi connectivity index (χ1v) is 6.34. The molecule has 0 aliphatic carbocycles. The molecule has 3 aliphatic heterocycles. The van der Waals surface area contributed by atoms with Gasteiger partial charge in [0.1, 0.15) is 0 Å². The van der Waals surface area contributed by atoms with Crippen LogP contribution in [0.1, 0.15) is 53.4 Å². The topological polar surface area (TPSA) is 3.24 Å². The molecule has 0 radical (unpaired) electrons. The first kappa shape index (κ1) is 10.5. The average molecular weight is 195 g/mol. The molecule has 0 saturated carbocycles. The Balaban J connectivity index is 1.94. The Hall–Kier alpha value is -0.0400. The van der Waals surface area contributed by atoms with Gasteiger partial charge in [0.2, 0.25) is 0 Å². The smallest absolute Gasteiger partial charge is 0.0196 e. The lowest BCUT2D eigenvalue weighted by atomic mass is 9.64. The van der Waals surface area contributed by atoms with E-state index >= 15 is 0 Å². The summed E-state index contributed by atoms with van der Waals surface area (Å²) in [6.45, 7) is 11.0. The third-order valence-corrected chi connectivity index (χ3v) is 4.85. The van der Waals surface area contributed by atoms with Crippen LogP contribution in [0.5, 0.6) is 0 Å². The zero-order valence-corrected chi connectivity index (χ0v) is 10.2. The van der Waals surface area contributed by atoms with Crippen LogP contribution in [-0.4, -0.2) is 23.0 Å². The molecule has 0 N–H and O–H groups in total. The second kappa shape index (κ2) is 3.52. The summed E-state index contributed by atoms with van der Waals surface area (Å²) in [6, 6.07) is 0.835. The second-order valence-corrected chi connectivity index (χ2v) is 5.88. The standard InChI is InChI=1S/C13H25N/c1-5-6-7-11-8-12-9-14(10(11)2)13(12,3)4/h10-12H,5-9H2,1-4H3. The lowest BCUT2D eigenvalue weighted by molar-refractivity contribution is -0.151. The number of hydrogen-bond acceptors (Lipinski definition) is 1. The minimum Gasteiger partial charge on any atom is -0.295 e. The first-order chi connectivity index (χ1) is 6.57. The van der Waals surface area contributed by atoms with Crippen LogP contribution in [0.2, 0.25) is 0 Å². The monoisotopic (exact) mass is 195 g/mol. The van der Waals surface area contributed by atoms with Crippen LogP contribution in [-0.2, 0) is 0 Å². The number of fused-ring (bicyclic) bond motifs is 2. The normalized spacial score (nSPS) is 44.6. The Morgan fingerprint density at radius 3 is 2.57 bits per heavy atom. The van der Waals surface area contributed by atoms with E-state index in [0.29, 0.717) is 5.54 Å². The molecular weight excluding hydrogens is 170 g/mol. The van der Waals surface area contributed by atoms with E-state index < -0.39 is 0 Å². The maximum atomic E-state index is 2.72. The van der Waals surface area contributed by atoms with Crippen molar-refractivity contribution in [2.45, 2.75) is 65.0 Å². The summed E-state index contributed by atoms with van der Waals surface area (Å²) in [5.74, 6) is 1.97. The van der Waals surface area contributed by atoms with Crippen LogP contribution >= 0.6 is 0 Å². The van der Waals surface area contributed by atoms with Crippen LogP contribution in [0.25, 0.3) is 0 Å². The molecule has 3 saturated heterocycles. The summed E-state index contributed by atoms with van der Waals surface area (Å²) >= 11 is 0. The maximum absolute atomic E-state index is 2.72. The zero-order chi connectivity index (χ0) is 10.3. The molecule has 0 aromatic carbocycles. The van der Waals surface area contributed by atoms with Crippen LogP contribution in [0.3, 0.4) is 0 Å². The van der Waals surface area contributed by atoms with Gasteiger partial charge in [-0.1, -0.05) is 19.8 Å². The van der Waals surface area contributed by atoms with Gasteiger partial charge < -0.3 is 0 Å². The van der Waals surface area contributed by atoms with Gasteiger partial charge in [0.05, 0.1) is 0 Å². The summed E-state index contributed by atoms with van der Waals surface area (Å²) in [7, 11) is 0. The van der Waals surface area contributed by atoms with Crippen molar-refractivity contribution in [2.24, 2.45) is 11.8 Å².